The van der Waals surface area contributed by atoms with Crippen molar-refractivity contribution in [2.45, 2.75) is 13.8 Å². The van der Waals surface area contributed by atoms with Crippen LogP contribution in [0.2, 0.25) is 5.02 Å². The molecule has 7 nitrogen and oxygen atoms in total. The van der Waals surface area contributed by atoms with Crippen LogP contribution < -0.4 is 5.32 Å². The van der Waals surface area contributed by atoms with E-state index in [0.717, 1.165) is 5.56 Å². The Morgan fingerprint density at radius 2 is 1.80 bits per heavy atom. The first-order valence-electron chi connectivity index (χ1n) is 7.26. The number of hydrogen-bond acceptors (Lipinski definition) is 5. The highest BCUT2D eigenvalue weighted by Crippen LogP contribution is 2.30. The molecule has 0 aromatic heterocycles. The SMILES string of the molecule is Cc1ccc([N+](=O)[O-])c(NC(=O)COC(=O)c2ccc(Cl)cc2)c1C. The molecule has 0 bridgehead atoms. The normalized spacial score (nSPS) is 10.2. The van der Waals surface area contributed by atoms with Crippen LogP contribution >= 0.6 is 11.6 Å². The lowest BCUT2D eigenvalue weighted by Crippen LogP contribution is -2.22. The predicted molar refractivity (Wildman–Crippen MR) is 92.9 cm³/mol. The van der Waals surface area contributed by atoms with Gasteiger partial charge >= 0.3 is 5.97 Å². The maximum absolute atomic E-state index is 12.0. The summed E-state index contributed by atoms with van der Waals surface area (Å²) in [5, 5.41) is 14.0. The Kier molecular flexibility index (Phi) is 5.71. The standard InChI is InChI=1S/C17H15ClN2O5/c1-10-3-8-14(20(23)24)16(11(10)2)19-15(21)9-25-17(22)12-4-6-13(18)7-5-12/h3-8H,9H2,1-2H3,(H,19,21). The lowest BCUT2D eigenvalue weighted by atomic mass is 10.1. The van der Waals surface area contributed by atoms with E-state index in [9.17, 15) is 19.7 Å². The van der Waals surface area contributed by atoms with Crippen LogP contribution in [0.15, 0.2) is 36.4 Å². The molecule has 1 amide bonds. The van der Waals surface area contributed by atoms with Gasteiger partial charge in [0.2, 0.25) is 0 Å². The zero-order valence-electron chi connectivity index (χ0n) is 13.5. The highest BCUT2D eigenvalue weighted by molar-refractivity contribution is 6.30. The maximum atomic E-state index is 12.0. The van der Waals surface area contributed by atoms with Crippen molar-refractivity contribution in [2.75, 3.05) is 11.9 Å². The second kappa shape index (κ2) is 7.76. The molecule has 2 aromatic carbocycles. The number of anilines is 1. The number of hydrogen-bond donors (Lipinski definition) is 1. The molecule has 25 heavy (non-hydrogen) atoms. The van der Waals surface area contributed by atoms with Crippen molar-refractivity contribution < 1.29 is 19.2 Å². The Morgan fingerprint density at radius 1 is 1.16 bits per heavy atom. The summed E-state index contributed by atoms with van der Waals surface area (Å²) in [4.78, 5) is 34.4. The van der Waals surface area contributed by atoms with Gasteiger partial charge in [-0.2, -0.15) is 0 Å². The van der Waals surface area contributed by atoms with Crippen molar-refractivity contribution in [1.29, 1.82) is 0 Å². The molecule has 1 N–H and O–H groups in total. The van der Waals surface area contributed by atoms with Crippen LogP contribution in [-0.2, 0) is 9.53 Å². The van der Waals surface area contributed by atoms with Gasteiger partial charge in [0, 0.05) is 11.1 Å². The van der Waals surface area contributed by atoms with Gasteiger partial charge in [0.25, 0.3) is 11.6 Å². The molecule has 0 heterocycles. The van der Waals surface area contributed by atoms with E-state index < -0.39 is 23.4 Å². The summed E-state index contributed by atoms with van der Waals surface area (Å²) in [6.45, 7) is 2.87. The van der Waals surface area contributed by atoms with Gasteiger partial charge in [0.05, 0.1) is 10.5 Å². The lowest BCUT2D eigenvalue weighted by Gasteiger charge is -2.11. The number of nitro groups is 1. The Bertz CT molecular complexity index is 834. The Morgan fingerprint density at radius 3 is 2.40 bits per heavy atom. The molecule has 8 heteroatoms. The summed E-state index contributed by atoms with van der Waals surface area (Å²) in [7, 11) is 0. The molecule has 130 valence electrons. The number of nitro benzene ring substituents is 1. The van der Waals surface area contributed by atoms with E-state index in [0.29, 0.717) is 10.6 Å². The van der Waals surface area contributed by atoms with Crippen molar-refractivity contribution >= 4 is 34.9 Å². The molecule has 2 aromatic rings. The minimum atomic E-state index is -0.692. The lowest BCUT2D eigenvalue weighted by molar-refractivity contribution is -0.384. The fraction of sp³-hybridized carbons (Fsp3) is 0.176. The first kappa shape index (κ1) is 18.4. The van der Waals surface area contributed by atoms with Crippen LogP contribution in [0.5, 0.6) is 0 Å². The minimum Gasteiger partial charge on any atom is -0.452 e. The fourth-order valence-corrected chi connectivity index (χ4v) is 2.21. The number of carbonyl (C=O) groups is 2. The summed E-state index contributed by atoms with van der Waals surface area (Å²) < 4.78 is 4.91. The van der Waals surface area contributed by atoms with E-state index in [4.69, 9.17) is 16.3 Å². The molecule has 0 spiro atoms. The van der Waals surface area contributed by atoms with E-state index in [1.807, 2.05) is 0 Å². The molecule has 0 saturated carbocycles. The Balaban J connectivity index is 2.06. The van der Waals surface area contributed by atoms with Crippen LogP contribution in [0.4, 0.5) is 11.4 Å². The molecular weight excluding hydrogens is 348 g/mol. The van der Waals surface area contributed by atoms with Crippen LogP contribution in [-0.4, -0.2) is 23.4 Å². The van der Waals surface area contributed by atoms with Gasteiger partial charge in [-0.05, 0) is 49.2 Å². The second-order valence-electron chi connectivity index (χ2n) is 5.29. The third-order valence-electron chi connectivity index (χ3n) is 3.59. The first-order valence-corrected chi connectivity index (χ1v) is 7.64. The number of esters is 1. The maximum Gasteiger partial charge on any atom is 0.338 e. The van der Waals surface area contributed by atoms with E-state index in [1.165, 1.54) is 30.3 Å². The number of nitrogens with one attached hydrogen (secondary N) is 1. The number of halogens is 1. The van der Waals surface area contributed by atoms with Gasteiger partial charge in [0.15, 0.2) is 6.61 Å². The minimum absolute atomic E-state index is 0.0949. The molecule has 0 fully saturated rings. The van der Waals surface area contributed by atoms with Crippen LogP contribution in [0.1, 0.15) is 21.5 Å². The van der Waals surface area contributed by atoms with E-state index >= 15 is 0 Å². The third-order valence-corrected chi connectivity index (χ3v) is 3.84. The van der Waals surface area contributed by atoms with Gasteiger partial charge in [-0.15, -0.1) is 0 Å². The van der Waals surface area contributed by atoms with Gasteiger partial charge in [-0.3, -0.25) is 14.9 Å². The van der Waals surface area contributed by atoms with E-state index in [2.05, 4.69) is 5.32 Å². The molecule has 0 aliphatic carbocycles. The van der Waals surface area contributed by atoms with Crippen LogP contribution in [0, 0.1) is 24.0 Å². The number of benzene rings is 2. The second-order valence-corrected chi connectivity index (χ2v) is 5.73. The predicted octanol–water partition coefficient (Wildman–Crippen LogP) is 3.66. The van der Waals surface area contributed by atoms with Crippen molar-refractivity contribution in [1.82, 2.24) is 0 Å². The molecule has 0 unspecified atom stereocenters. The number of carbonyl (C=O) groups excluding carboxylic acids is 2. The van der Waals surface area contributed by atoms with E-state index in [1.54, 1.807) is 19.9 Å². The van der Waals surface area contributed by atoms with E-state index in [-0.39, 0.29) is 16.9 Å². The van der Waals surface area contributed by atoms with Gasteiger partial charge in [0.1, 0.15) is 5.69 Å². The van der Waals surface area contributed by atoms with Crippen molar-refractivity contribution in [2.24, 2.45) is 0 Å². The van der Waals surface area contributed by atoms with Crippen molar-refractivity contribution in [3.05, 3.63) is 68.2 Å². The number of ether oxygens (including phenoxy) is 1. The highest BCUT2D eigenvalue weighted by Gasteiger charge is 2.20. The number of nitrogens with zero attached hydrogens (tertiary/aromatic N) is 1. The summed E-state index contributed by atoms with van der Waals surface area (Å²) in [5.41, 5.74) is 1.48. The summed E-state index contributed by atoms with van der Waals surface area (Å²) >= 11 is 5.73. The summed E-state index contributed by atoms with van der Waals surface area (Å²) in [6.07, 6.45) is 0. The van der Waals surface area contributed by atoms with Crippen molar-refractivity contribution in [3.63, 3.8) is 0 Å². The molecule has 2 rings (SSSR count). The third kappa shape index (κ3) is 4.54. The largest absolute Gasteiger partial charge is 0.452 e. The molecular formula is C17H15ClN2O5. The molecule has 0 aliphatic rings. The quantitative estimate of drug-likeness (QED) is 0.497. The Hall–Kier alpha value is -2.93. The highest BCUT2D eigenvalue weighted by atomic mass is 35.5. The number of rotatable bonds is 5. The average Bonchev–Trinajstić information content (AvgIpc) is 2.57. The Labute approximate surface area is 148 Å². The average molecular weight is 363 g/mol. The smallest absolute Gasteiger partial charge is 0.338 e. The summed E-state index contributed by atoms with van der Waals surface area (Å²) in [6, 6.07) is 8.91. The van der Waals surface area contributed by atoms with Gasteiger partial charge in [-0.1, -0.05) is 17.7 Å². The number of aryl methyl sites for hydroxylation is 1. The molecule has 0 saturated heterocycles. The molecule has 0 aliphatic heterocycles. The number of amides is 1. The van der Waals surface area contributed by atoms with Crippen LogP contribution in [0.3, 0.4) is 0 Å². The van der Waals surface area contributed by atoms with Gasteiger partial charge in [-0.25, -0.2) is 4.79 Å². The topological polar surface area (TPSA) is 98.5 Å². The monoisotopic (exact) mass is 362 g/mol. The summed E-state index contributed by atoms with van der Waals surface area (Å²) in [5.74, 6) is -1.36. The zero-order valence-corrected chi connectivity index (χ0v) is 14.3. The van der Waals surface area contributed by atoms with Crippen molar-refractivity contribution in [3.8, 4) is 0 Å². The molecule has 0 radical (unpaired) electrons. The van der Waals surface area contributed by atoms with Crippen LogP contribution in [0.25, 0.3) is 0 Å². The zero-order chi connectivity index (χ0) is 18.6. The molecule has 0 atom stereocenters. The first-order chi connectivity index (χ1) is 11.8. The van der Waals surface area contributed by atoms with Gasteiger partial charge < -0.3 is 10.1 Å². The fourth-order valence-electron chi connectivity index (χ4n) is 2.09.